The van der Waals surface area contributed by atoms with Gasteiger partial charge in [0.05, 0.1) is 40.8 Å². The fourth-order valence-electron chi connectivity index (χ4n) is 9.61. The first-order valence-electron chi connectivity index (χ1n) is 18.1. The number of aromatic hydroxyl groups is 1. The first kappa shape index (κ1) is 34.1. The van der Waals surface area contributed by atoms with Gasteiger partial charge in [0.25, 0.3) is 11.8 Å². The molecule has 0 spiro atoms. The van der Waals surface area contributed by atoms with Gasteiger partial charge in [0.1, 0.15) is 17.3 Å². The molecule has 6 unspecified atom stereocenters. The zero-order chi connectivity index (χ0) is 37.5. The zero-order valence-electron chi connectivity index (χ0n) is 29.2. The number of carbonyl (C=O) groups is 4. The third-order valence-corrected chi connectivity index (χ3v) is 12.3. The lowest BCUT2D eigenvalue weighted by atomic mass is 9.48. The number of halogens is 2. The van der Waals surface area contributed by atoms with Gasteiger partial charge in [0.15, 0.2) is 0 Å². The van der Waals surface area contributed by atoms with Gasteiger partial charge in [-0.05, 0) is 109 Å². The van der Waals surface area contributed by atoms with Gasteiger partial charge in [0, 0.05) is 22.9 Å². The quantitative estimate of drug-likeness (QED) is 0.158. The summed E-state index contributed by atoms with van der Waals surface area (Å²) in [6.45, 7) is 2.03. The van der Waals surface area contributed by atoms with Crippen LogP contribution < -0.4 is 15.1 Å². The van der Waals surface area contributed by atoms with E-state index >= 15 is 4.79 Å². The fraction of sp³-hybridized carbons (Fsp3) is 0.256. The number of hydrogen-bond acceptors (Lipinski definition) is 7. The smallest absolute Gasteiger partial charge is 0.260 e. The molecule has 5 aliphatic rings. The van der Waals surface area contributed by atoms with E-state index in [1.54, 1.807) is 54.8 Å². The first-order chi connectivity index (χ1) is 26.1. The van der Waals surface area contributed by atoms with Crippen molar-refractivity contribution in [2.24, 2.45) is 29.6 Å². The zero-order valence-corrected chi connectivity index (χ0v) is 29.9. The number of nitrogens with zero attached hydrogens (tertiary/aromatic N) is 2. The highest BCUT2D eigenvalue weighted by Gasteiger charge is 2.70. The lowest BCUT2D eigenvalue weighted by Gasteiger charge is -2.51. The largest absolute Gasteiger partial charge is 0.508 e. The maximum Gasteiger partial charge on any atom is 0.260 e. The molecule has 0 bridgehead atoms. The van der Waals surface area contributed by atoms with E-state index in [-0.39, 0.29) is 36.8 Å². The molecular formula is C43H35ClFN3O6. The molecule has 3 heterocycles. The number of carbonyl (C=O) groups excluding carboxylic acids is 4. The number of allylic oxidation sites excluding steroid dienone is 3. The van der Waals surface area contributed by atoms with Crippen molar-refractivity contribution in [1.82, 2.24) is 5.01 Å². The van der Waals surface area contributed by atoms with Gasteiger partial charge in [-0.25, -0.2) is 4.39 Å². The minimum atomic E-state index is -1.53. The van der Waals surface area contributed by atoms with Crippen LogP contribution in [-0.2, 0) is 37.4 Å². The Kier molecular flexibility index (Phi) is 8.01. The second-order valence-corrected chi connectivity index (χ2v) is 15.1. The monoisotopic (exact) mass is 743 g/mol. The molecule has 4 amide bonds. The third-order valence-electron chi connectivity index (χ3n) is 12.0. The molecule has 3 fully saturated rings. The van der Waals surface area contributed by atoms with E-state index in [0.29, 0.717) is 38.8 Å². The Bertz CT molecular complexity index is 2310. The van der Waals surface area contributed by atoms with E-state index in [9.17, 15) is 23.9 Å². The van der Waals surface area contributed by atoms with Gasteiger partial charge in [0.2, 0.25) is 11.8 Å². The summed E-state index contributed by atoms with van der Waals surface area (Å²) in [4.78, 5) is 60.2. The van der Waals surface area contributed by atoms with Crippen molar-refractivity contribution in [3.63, 3.8) is 0 Å². The number of imide groups is 2. The normalized spacial score (nSPS) is 27.1. The highest BCUT2D eigenvalue weighted by atomic mass is 35.5. The standard InChI is InChI=1S/C43H35ClFN3O6/c1-2-23-3-13-30(14-4-23)47-39(50)33-17-16-32-34(37(33)41(47)52)21-35-40(51)48(46-29-11-9-28(45)10-12-29)42(53)43(35,26-5-7-27(44)8-6-26)38(32)25-19-24-20-31(49)15-18-36(24)54-22-25/h3-16,18,20,22,33-35,37-38,46,49H,2,17,19,21H2,1H3. The molecule has 2 aliphatic carbocycles. The summed E-state index contributed by atoms with van der Waals surface area (Å²) in [6, 6.07) is 24.5. The molecule has 9 nitrogen and oxygen atoms in total. The van der Waals surface area contributed by atoms with Crippen LogP contribution in [0.1, 0.15) is 36.5 Å². The molecule has 0 aromatic heterocycles. The number of benzene rings is 4. The maximum absolute atomic E-state index is 15.4. The molecule has 0 radical (unpaired) electrons. The molecular weight excluding hydrogens is 709 g/mol. The summed E-state index contributed by atoms with van der Waals surface area (Å²) in [5, 5.41) is 11.9. The summed E-state index contributed by atoms with van der Waals surface area (Å²) < 4.78 is 20.1. The maximum atomic E-state index is 15.4. The van der Waals surface area contributed by atoms with E-state index in [2.05, 4.69) is 5.43 Å². The van der Waals surface area contributed by atoms with E-state index in [1.165, 1.54) is 35.2 Å². The predicted molar refractivity (Wildman–Crippen MR) is 199 cm³/mol. The van der Waals surface area contributed by atoms with Crippen LogP contribution in [0.4, 0.5) is 15.8 Å². The molecule has 1 saturated carbocycles. The number of phenols is 1. The van der Waals surface area contributed by atoms with Crippen LogP contribution >= 0.6 is 11.6 Å². The second kappa shape index (κ2) is 12.7. The lowest BCUT2D eigenvalue weighted by molar-refractivity contribution is -0.139. The SMILES string of the molecule is CCc1ccc(N2C(=O)C3CC=C4C(CC5C(=O)N(Nc6ccc(F)cc6)C(=O)C5(c5ccc(Cl)cc5)C4C4=COc5ccc(O)cc5C4)C3C2=O)cc1. The van der Waals surface area contributed by atoms with Crippen molar-refractivity contribution in [1.29, 1.82) is 0 Å². The number of nitrogens with one attached hydrogen (secondary N) is 1. The van der Waals surface area contributed by atoms with Crippen LogP contribution in [0.2, 0.25) is 5.02 Å². The molecule has 9 rings (SSSR count). The van der Waals surface area contributed by atoms with Crippen LogP contribution in [0.15, 0.2) is 114 Å². The van der Waals surface area contributed by atoms with E-state index in [1.807, 2.05) is 25.1 Å². The third kappa shape index (κ3) is 5.03. The molecule has 6 atom stereocenters. The van der Waals surface area contributed by atoms with Crippen LogP contribution in [0.25, 0.3) is 0 Å². The number of amides is 4. The Hall–Kier alpha value is -5.74. The number of ether oxygens (including phenoxy) is 1. The van der Waals surface area contributed by atoms with Gasteiger partial charge < -0.3 is 9.84 Å². The molecule has 11 heteroatoms. The van der Waals surface area contributed by atoms with E-state index < -0.39 is 52.6 Å². The topological polar surface area (TPSA) is 116 Å². The van der Waals surface area contributed by atoms with Crippen molar-refractivity contribution >= 4 is 46.6 Å². The summed E-state index contributed by atoms with van der Waals surface area (Å²) >= 11 is 6.40. The van der Waals surface area contributed by atoms with Gasteiger partial charge in [-0.3, -0.25) is 29.5 Å². The van der Waals surface area contributed by atoms with Crippen molar-refractivity contribution in [2.45, 2.75) is 38.0 Å². The van der Waals surface area contributed by atoms with Crippen molar-refractivity contribution in [3.8, 4) is 11.5 Å². The minimum absolute atomic E-state index is 0.0501. The van der Waals surface area contributed by atoms with Gasteiger partial charge in [-0.1, -0.05) is 54.4 Å². The van der Waals surface area contributed by atoms with E-state index in [4.69, 9.17) is 16.3 Å². The lowest BCUT2D eigenvalue weighted by Crippen LogP contribution is -2.55. The van der Waals surface area contributed by atoms with Gasteiger partial charge in [-0.15, -0.1) is 0 Å². The van der Waals surface area contributed by atoms with Crippen LogP contribution in [0, 0.1) is 35.4 Å². The number of fused-ring (bicyclic) bond motifs is 5. The number of hydrogen-bond donors (Lipinski definition) is 2. The Labute approximate surface area is 315 Å². The highest BCUT2D eigenvalue weighted by molar-refractivity contribution is 6.30. The predicted octanol–water partition coefficient (Wildman–Crippen LogP) is 7.29. The van der Waals surface area contributed by atoms with Crippen LogP contribution in [0.3, 0.4) is 0 Å². The highest BCUT2D eigenvalue weighted by Crippen LogP contribution is 2.63. The molecule has 4 aromatic carbocycles. The number of aryl methyl sites for hydroxylation is 1. The summed E-state index contributed by atoms with van der Waals surface area (Å²) in [6.07, 6.45) is 5.09. The Morgan fingerprint density at radius 3 is 2.37 bits per heavy atom. The van der Waals surface area contributed by atoms with Crippen LogP contribution in [0.5, 0.6) is 11.5 Å². The average molecular weight is 744 g/mol. The molecule has 272 valence electrons. The first-order valence-corrected chi connectivity index (χ1v) is 18.5. The second-order valence-electron chi connectivity index (χ2n) is 14.7. The number of anilines is 2. The number of hydrazine groups is 1. The average Bonchev–Trinajstić information content (AvgIpc) is 3.56. The molecule has 3 aliphatic heterocycles. The van der Waals surface area contributed by atoms with Gasteiger partial charge >= 0.3 is 0 Å². The van der Waals surface area contributed by atoms with Gasteiger partial charge in [-0.2, -0.15) is 5.01 Å². The molecule has 2 N–H and O–H groups in total. The fourth-order valence-corrected chi connectivity index (χ4v) is 9.73. The summed E-state index contributed by atoms with van der Waals surface area (Å²) in [5.41, 5.74) is 6.06. The Morgan fingerprint density at radius 2 is 1.65 bits per heavy atom. The molecule has 54 heavy (non-hydrogen) atoms. The van der Waals surface area contributed by atoms with Crippen molar-refractivity contribution in [2.75, 3.05) is 10.3 Å². The Balaban J connectivity index is 1.22. The van der Waals surface area contributed by atoms with Crippen LogP contribution in [-0.4, -0.2) is 33.7 Å². The number of phenolic OH excluding ortho intramolecular Hbond substituents is 1. The molecule has 4 aromatic rings. The molecule has 2 saturated heterocycles. The minimum Gasteiger partial charge on any atom is -0.508 e. The summed E-state index contributed by atoms with van der Waals surface area (Å²) in [7, 11) is 0. The number of rotatable bonds is 6. The van der Waals surface area contributed by atoms with Crippen molar-refractivity contribution < 1.29 is 33.4 Å². The summed E-state index contributed by atoms with van der Waals surface area (Å²) in [5.74, 6) is -5.28. The van der Waals surface area contributed by atoms with E-state index in [0.717, 1.165) is 22.6 Å². The van der Waals surface area contributed by atoms with Crippen molar-refractivity contribution in [3.05, 3.63) is 142 Å². The Morgan fingerprint density at radius 1 is 0.907 bits per heavy atom.